The van der Waals surface area contributed by atoms with E-state index in [1.807, 2.05) is 35.9 Å². The summed E-state index contributed by atoms with van der Waals surface area (Å²) >= 11 is 0. The van der Waals surface area contributed by atoms with Gasteiger partial charge in [0.25, 0.3) is 0 Å². The molecule has 0 saturated carbocycles. The maximum atomic E-state index is 14.2. The van der Waals surface area contributed by atoms with Gasteiger partial charge in [-0.05, 0) is 31.2 Å². The first-order chi connectivity index (χ1) is 16.5. The number of hydrogen-bond donors (Lipinski definition) is 1. The molecular weight excluding hydrogens is 437 g/mol. The van der Waals surface area contributed by atoms with Crippen LogP contribution in [-0.4, -0.2) is 43.7 Å². The highest BCUT2D eigenvalue weighted by atomic mass is 19.1. The van der Waals surface area contributed by atoms with Gasteiger partial charge in [0.05, 0.1) is 31.8 Å². The molecule has 10 heteroatoms. The Morgan fingerprint density at radius 1 is 1.00 bits per heavy atom. The minimum Gasteiger partial charge on any atom is -0.497 e. The molecule has 0 saturated heterocycles. The van der Waals surface area contributed by atoms with Crippen LogP contribution in [-0.2, 0) is 0 Å². The highest BCUT2D eigenvalue weighted by Crippen LogP contribution is 2.40. The van der Waals surface area contributed by atoms with E-state index in [1.54, 1.807) is 38.6 Å². The van der Waals surface area contributed by atoms with Gasteiger partial charge in [-0.3, -0.25) is 0 Å². The first kappa shape index (κ1) is 21.4. The molecule has 3 aromatic heterocycles. The van der Waals surface area contributed by atoms with E-state index >= 15 is 0 Å². The Kier molecular flexibility index (Phi) is 5.33. The first-order valence-corrected chi connectivity index (χ1v) is 10.5. The summed E-state index contributed by atoms with van der Waals surface area (Å²) in [6, 6.07) is 11.7. The molecule has 1 atom stereocenters. The summed E-state index contributed by atoms with van der Waals surface area (Å²) in [5.74, 6) is 1.26. The molecule has 0 fully saturated rings. The van der Waals surface area contributed by atoms with E-state index in [0.717, 1.165) is 11.1 Å². The number of hydrogen-bond acceptors (Lipinski definition) is 7. The van der Waals surface area contributed by atoms with Gasteiger partial charge in [-0.2, -0.15) is 0 Å². The average molecular weight is 459 g/mol. The molecule has 34 heavy (non-hydrogen) atoms. The number of aromatic nitrogens is 6. The van der Waals surface area contributed by atoms with Crippen LogP contribution in [0.3, 0.4) is 0 Å². The van der Waals surface area contributed by atoms with E-state index in [0.29, 0.717) is 39.7 Å². The third-order valence-electron chi connectivity index (χ3n) is 5.79. The number of halogens is 1. The van der Waals surface area contributed by atoms with Gasteiger partial charge in [0.1, 0.15) is 46.5 Å². The number of ether oxygens (including phenoxy) is 2. The summed E-state index contributed by atoms with van der Waals surface area (Å²) in [4.78, 5) is 8.69. The van der Waals surface area contributed by atoms with Crippen LogP contribution in [0.15, 0.2) is 61.2 Å². The Labute approximate surface area is 194 Å². The lowest BCUT2D eigenvalue weighted by Crippen LogP contribution is -2.07. The fourth-order valence-electron chi connectivity index (χ4n) is 3.99. The molecule has 3 heterocycles. The van der Waals surface area contributed by atoms with E-state index in [4.69, 9.17) is 15.2 Å². The van der Waals surface area contributed by atoms with E-state index < -0.39 is 0 Å². The van der Waals surface area contributed by atoms with Crippen LogP contribution in [0, 0.1) is 5.82 Å². The van der Waals surface area contributed by atoms with Gasteiger partial charge in [0, 0.05) is 23.4 Å². The van der Waals surface area contributed by atoms with Crippen molar-refractivity contribution < 1.29 is 13.9 Å². The maximum Gasteiger partial charge on any atom is 0.148 e. The number of nitrogen functional groups attached to an aromatic ring is 1. The van der Waals surface area contributed by atoms with Gasteiger partial charge in [0.15, 0.2) is 0 Å². The summed E-state index contributed by atoms with van der Waals surface area (Å²) in [7, 11) is 3.20. The van der Waals surface area contributed by atoms with E-state index in [1.165, 1.54) is 17.1 Å². The van der Waals surface area contributed by atoms with Crippen molar-refractivity contribution in [2.75, 3.05) is 20.0 Å². The first-order valence-electron chi connectivity index (χ1n) is 10.5. The molecule has 0 aliphatic heterocycles. The van der Waals surface area contributed by atoms with Crippen molar-refractivity contribution in [1.82, 2.24) is 29.5 Å². The van der Waals surface area contributed by atoms with Crippen LogP contribution in [0.5, 0.6) is 11.5 Å². The molecule has 9 nitrogen and oxygen atoms in total. The molecule has 1 unspecified atom stereocenters. The number of nitrogens with two attached hydrogens (primary N) is 1. The summed E-state index contributed by atoms with van der Waals surface area (Å²) in [6.45, 7) is 1.96. The molecule has 2 N–H and O–H groups in total. The number of rotatable bonds is 6. The van der Waals surface area contributed by atoms with Crippen molar-refractivity contribution in [3.05, 3.63) is 72.7 Å². The standard InChI is InChI=1S/C24H22FN7O2/c1-14(19-12-32(30-29-19)20-7-5-4-6-18(20)25)31-11-17(22-23(26)27-13-28-24(22)31)16-9-8-15(33-2)10-21(16)34-3/h4-14H,1-3H3,(H2,26,27,28). The second-order valence-electron chi connectivity index (χ2n) is 7.69. The SMILES string of the molecule is COc1ccc(-c2cn(C(C)c3cn(-c4ccccc4F)nn3)c3ncnc(N)c23)c(OC)c1. The van der Waals surface area contributed by atoms with Crippen LogP contribution >= 0.6 is 0 Å². The number of benzene rings is 2. The third-order valence-corrected chi connectivity index (χ3v) is 5.79. The summed E-state index contributed by atoms with van der Waals surface area (Å²) < 4.78 is 28.5. The molecule has 172 valence electrons. The number of nitrogens with zero attached hydrogens (tertiary/aromatic N) is 6. The van der Waals surface area contributed by atoms with Crippen molar-refractivity contribution in [3.8, 4) is 28.3 Å². The van der Waals surface area contributed by atoms with Crippen LogP contribution < -0.4 is 15.2 Å². The Hall–Kier alpha value is -4.47. The monoisotopic (exact) mass is 459 g/mol. The third kappa shape index (κ3) is 3.49. The molecule has 0 aliphatic carbocycles. The molecule has 5 rings (SSSR count). The minimum absolute atomic E-state index is 0.282. The molecule has 0 aliphatic rings. The summed E-state index contributed by atoms with van der Waals surface area (Å²) in [5, 5.41) is 9.11. The zero-order chi connectivity index (χ0) is 23.8. The highest BCUT2D eigenvalue weighted by Gasteiger charge is 2.23. The van der Waals surface area contributed by atoms with Gasteiger partial charge in [-0.1, -0.05) is 17.3 Å². The van der Waals surface area contributed by atoms with Gasteiger partial charge >= 0.3 is 0 Å². The second-order valence-corrected chi connectivity index (χ2v) is 7.69. The van der Waals surface area contributed by atoms with Crippen molar-refractivity contribution >= 4 is 16.9 Å². The summed E-state index contributed by atoms with van der Waals surface area (Å²) in [5.41, 5.74) is 9.49. The van der Waals surface area contributed by atoms with E-state index in [-0.39, 0.29) is 11.9 Å². The van der Waals surface area contributed by atoms with Crippen molar-refractivity contribution in [1.29, 1.82) is 0 Å². The fourth-order valence-corrected chi connectivity index (χ4v) is 3.99. The molecule has 0 radical (unpaired) electrons. The Balaban J connectivity index is 1.64. The highest BCUT2D eigenvalue weighted by molar-refractivity contribution is 6.02. The molecule has 0 spiro atoms. The molecule has 0 amide bonds. The van der Waals surface area contributed by atoms with Gasteiger partial charge in [0.2, 0.25) is 0 Å². The zero-order valence-electron chi connectivity index (χ0n) is 18.8. The van der Waals surface area contributed by atoms with Crippen LogP contribution in [0.1, 0.15) is 18.7 Å². The number of para-hydroxylation sites is 1. The Morgan fingerprint density at radius 2 is 1.82 bits per heavy atom. The smallest absolute Gasteiger partial charge is 0.148 e. The number of fused-ring (bicyclic) bond motifs is 1. The summed E-state index contributed by atoms with van der Waals surface area (Å²) in [6.07, 6.45) is 5.06. The molecular formula is C24H22FN7O2. The van der Waals surface area contributed by atoms with E-state index in [9.17, 15) is 4.39 Å². The van der Waals surface area contributed by atoms with E-state index in [2.05, 4.69) is 20.3 Å². The van der Waals surface area contributed by atoms with Gasteiger partial charge in [-0.25, -0.2) is 19.0 Å². The lowest BCUT2D eigenvalue weighted by atomic mass is 10.0. The Morgan fingerprint density at radius 3 is 2.59 bits per heavy atom. The molecule has 5 aromatic rings. The molecule has 0 bridgehead atoms. The number of methoxy groups -OCH3 is 2. The van der Waals surface area contributed by atoms with Gasteiger partial charge in [-0.15, -0.1) is 5.10 Å². The zero-order valence-corrected chi connectivity index (χ0v) is 18.8. The lowest BCUT2D eigenvalue weighted by Gasteiger charge is -2.11. The lowest BCUT2D eigenvalue weighted by molar-refractivity contribution is 0.395. The van der Waals surface area contributed by atoms with Crippen molar-refractivity contribution in [2.24, 2.45) is 0 Å². The largest absolute Gasteiger partial charge is 0.497 e. The Bertz CT molecular complexity index is 1490. The predicted octanol–water partition coefficient (Wildman–Crippen LogP) is 4.03. The van der Waals surface area contributed by atoms with Crippen LogP contribution in [0.2, 0.25) is 0 Å². The van der Waals surface area contributed by atoms with Gasteiger partial charge < -0.3 is 19.8 Å². The van der Waals surface area contributed by atoms with Crippen LogP contribution in [0.4, 0.5) is 10.2 Å². The predicted molar refractivity (Wildman–Crippen MR) is 126 cm³/mol. The maximum absolute atomic E-state index is 14.2. The molecule has 2 aromatic carbocycles. The van der Waals surface area contributed by atoms with Crippen molar-refractivity contribution in [3.63, 3.8) is 0 Å². The quantitative estimate of drug-likeness (QED) is 0.409. The minimum atomic E-state index is -0.382. The fraction of sp³-hybridized carbons (Fsp3) is 0.167. The second kappa shape index (κ2) is 8.47. The van der Waals surface area contributed by atoms with Crippen LogP contribution in [0.25, 0.3) is 27.8 Å². The topological polar surface area (TPSA) is 106 Å². The average Bonchev–Trinajstić information content (AvgIpc) is 3.50. The number of anilines is 1. The van der Waals surface area contributed by atoms with Crippen molar-refractivity contribution in [2.45, 2.75) is 13.0 Å². The normalized spacial score (nSPS) is 12.1.